The molecular weight excluding hydrogens is 296 g/mol. The maximum absolute atomic E-state index is 2.66. The van der Waals surface area contributed by atoms with Crippen LogP contribution in [0.2, 0.25) is 0 Å². The van der Waals surface area contributed by atoms with Crippen LogP contribution in [0.5, 0.6) is 0 Å². The van der Waals surface area contributed by atoms with Gasteiger partial charge in [-0.15, -0.1) is 0 Å². The Balaban J connectivity index is 0.000000141. The normalized spacial score (nSPS) is 38.0. The van der Waals surface area contributed by atoms with Gasteiger partial charge in [-0.05, 0) is 68.5 Å². The minimum atomic E-state index is 0.376. The fourth-order valence-electron chi connectivity index (χ4n) is 5.37. The lowest BCUT2D eigenvalue weighted by Crippen LogP contribution is -2.52. The highest BCUT2D eigenvalue weighted by molar-refractivity contribution is 5.03. The molecule has 0 spiro atoms. The molecule has 4 aliphatic heterocycles. The summed E-state index contributed by atoms with van der Waals surface area (Å²) in [7, 11) is 4.51. The molecule has 4 rings (SSSR count). The molecule has 0 amide bonds. The molecule has 4 bridgehead atoms. The van der Waals surface area contributed by atoms with Gasteiger partial charge in [0, 0.05) is 61.4 Å². The lowest BCUT2D eigenvalue weighted by atomic mass is 10.0. The van der Waals surface area contributed by atoms with Gasteiger partial charge < -0.3 is 9.80 Å². The molecule has 4 fully saturated rings. The first-order valence-electron chi connectivity index (χ1n) is 9.91. The number of fused-ring (bicyclic) bond motifs is 4. The van der Waals surface area contributed by atoms with E-state index in [2.05, 4.69) is 75.2 Å². The van der Waals surface area contributed by atoms with E-state index in [1.165, 1.54) is 39.0 Å². The van der Waals surface area contributed by atoms with Crippen LogP contribution in [0, 0.1) is 0 Å². The summed E-state index contributed by atoms with van der Waals surface area (Å²) in [6.07, 6.45) is 2.79. The molecule has 0 aromatic heterocycles. The molecule has 0 saturated carbocycles. The van der Waals surface area contributed by atoms with E-state index in [0.29, 0.717) is 11.1 Å². The topological polar surface area (TPSA) is 13.0 Å². The van der Waals surface area contributed by atoms with Crippen LogP contribution in [0.3, 0.4) is 0 Å². The summed E-state index contributed by atoms with van der Waals surface area (Å²) >= 11 is 0. The van der Waals surface area contributed by atoms with Crippen LogP contribution in [0.4, 0.5) is 0 Å². The Labute approximate surface area is 150 Å². The summed E-state index contributed by atoms with van der Waals surface area (Å²) in [4.78, 5) is 10.3. The van der Waals surface area contributed by atoms with E-state index < -0.39 is 0 Å². The van der Waals surface area contributed by atoms with Gasteiger partial charge in [0.1, 0.15) is 0 Å². The number of hydrogen-bond acceptors (Lipinski definition) is 4. The van der Waals surface area contributed by atoms with Gasteiger partial charge in [0.2, 0.25) is 0 Å². The first-order valence-corrected chi connectivity index (χ1v) is 9.91. The first-order chi connectivity index (χ1) is 11.0. The van der Waals surface area contributed by atoms with Gasteiger partial charge >= 0.3 is 0 Å². The van der Waals surface area contributed by atoms with Crippen molar-refractivity contribution in [2.24, 2.45) is 0 Å². The molecular formula is C20H40N4. The summed E-state index contributed by atoms with van der Waals surface area (Å²) < 4.78 is 0. The van der Waals surface area contributed by atoms with Crippen molar-refractivity contribution in [3.05, 3.63) is 0 Å². The van der Waals surface area contributed by atoms with Crippen molar-refractivity contribution in [3.8, 4) is 0 Å². The standard InChI is InChI=1S/2C10H20N2/c2*1-10(2,3)12-7-8-5-9(12)6-11(8)4/h2*8-9H,5-7H2,1-4H3/t2*8-,9-/m10/s1. The van der Waals surface area contributed by atoms with Crippen LogP contribution in [0.25, 0.3) is 0 Å². The van der Waals surface area contributed by atoms with E-state index in [9.17, 15) is 0 Å². The van der Waals surface area contributed by atoms with Gasteiger partial charge in [-0.3, -0.25) is 9.80 Å². The van der Waals surface area contributed by atoms with Crippen molar-refractivity contribution in [2.75, 3.05) is 40.3 Å². The largest absolute Gasteiger partial charge is 0.301 e. The molecule has 0 N–H and O–H groups in total. The van der Waals surface area contributed by atoms with Crippen molar-refractivity contribution in [1.82, 2.24) is 19.6 Å². The van der Waals surface area contributed by atoms with Crippen LogP contribution in [-0.2, 0) is 0 Å². The van der Waals surface area contributed by atoms with Crippen LogP contribution < -0.4 is 0 Å². The second kappa shape index (κ2) is 6.22. The van der Waals surface area contributed by atoms with E-state index >= 15 is 0 Å². The zero-order valence-electron chi connectivity index (χ0n) is 17.3. The van der Waals surface area contributed by atoms with Gasteiger partial charge in [0.05, 0.1) is 0 Å². The van der Waals surface area contributed by atoms with Crippen molar-refractivity contribution in [3.63, 3.8) is 0 Å². The van der Waals surface area contributed by atoms with E-state index in [4.69, 9.17) is 0 Å². The number of rotatable bonds is 0. The molecule has 4 saturated heterocycles. The Kier molecular flexibility index (Phi) is 4.83. The number of nitrogens with zero attached hydrogens (tertiary/aromatic N) is 4. The summed E-state index contributed by atoms with van der Waals surface area (Å²) in [5.41, 5.74) is 0.751. The molecule has 140 valence electrons. The second-order valence-corrected chi connectivity index (χ2v) is 10.6. The SMILES string of the molecule is CN1C[C@@H]2C[C@H]1CN2C(C)(C)C.CN1C[C@H]2C[C@@H]1CN2C(C)(C)C. The highest BCUT2D eigenvalue weighted by atomic mass is 15.4. The maximum atomic E-state index is 2.66. The highest BCUT2D eigenvalue weighted by Crippen LogP contribution is 2.35. The van der Waals surface area contributed by atoms with E-state index in [-0.39, 0.29) is 0 Å². The van der Waals surface area contributed by atoms with Gasteiger partial charge in [0.25, 0.3) is 0 Å². The molecule has 24 heavy (non-hydrogen) atoms. The lowest BCUT2D eigenvalue weighted by Gasteiger charge is -2.41. The maximum Gasteiger partial charge on any atom is 0.0244 e. The molecule has 0 aliphatic carbocycles. The minimum Gasteiger partial charge on any atom is -0.301 e. The van der Waals surface area contributed by atoms with Crippen LogP contribution in [0.1, 0.15) is 54.4 Å². The number of likely N-dealkylation sites (N-methyl/N-ethyl adjacent to an activating group) is 2. The second-order valence-electron chi connectivity index (χ2n) is 10.6. The molecule has 4 nitrogen and oxygen atoms in total. The van der Waals surface area contributed by atoms with E-state index in [1.54, 1.807) is 0 Å². The third-order valence-corrected chi connectivity index (χ3v) is 6.75. The van der Waals surface area contributed by atoms with Gasteiger partial charge in [-0.25, -0.2) is 0 Å². The van der Waals surface area contributed by atoms with Crippen molar-refractivity contribution in [2.45, 2.75) is 89.6 Å². The van der Waals surface area contributed by atoms with Crippen molar-refractivity contribution < 1.29 is 0 Å². The van der Waals surface area contributed by atoms with Gasteiger partial charge in [-0.2, -0.15) is 0 Å². The lowest BCUT2D eigenvalue weighted by molar-refractivity contribution is 0.0675. The van der Waals surface area contributed by atoms with E-state index in [1.807, 2.05) is 0 Å². The van der Waals surface area contributed by atoms with Crippen LogP contribution in [0.15, 0.2) is 0 Å². The monoisotopic (exact) mass is 336 g/mol. The van der Waals surface area contributed by atoms with Gasteiger partial charge in [0.15, 0.2) is 0 Å². The molecule has 4 heterocycles. The summed E-state index contributed by atoms with van der Waals surface area (Å²) in [5.74, 6) is 0. The average molecular weight is 337 g/mol. The third kappa shape index (κ3) is 3.53. The van der Waals surface area contributed by atoms with Crippen LogP contribution in [-0.4, -0.2) is 95.1 Å². The fourth-order valence-corrected chi connectivity index (χ4v) is 5.37. The smallest absolute Gasteiger partial charge is 0.0244 e. The minimum absolute atomic E-state index is 0.376. The average Bonchev–Trinajstić information content (AvgIpc) is 3.13. The molecule has 4 atom stereocenters. The molecule has 0 radical (unpaired) electrons. The summed E-state index contributed by atoms with van der Waals surface area (Å²) in [6, 6.07) is 3.35. The quantitative estimate of drug-likeness (QED) is 0.673. The number of hydrogen-bond donors (Lipinski definition) is 0. The van der Waals surface area contributed by atoms with Gasteiger partial charge in [-0.1, -0.05) is 0 Å². The first kappa shape index (κ1) is 18.6. The summed E-state index contributed by atoms with van der Waals surface area (Å²) in [6.45, 7) is 19.1. The number of piperazine rings is 2. The Morgan fingerprint density at radius 1 is 0.542 bits per heavy atom. The summed E-state index contributed by atoms with van der Waals surface area (Å²) in [5, 5.41) is 0. The molecule has 4 aliphatic rings. The fraction of sp³-hybridized carbons (Fsp3) is 1.00. The Morgan fingerprint density at radius 3 is 1.04 bits per heavy atom. The van der Waals surface area contributed by atoms with Crippen LogP contribution >= 0.6 is 0 Å². The molecule has 0 aromatic rings. The Morgan fingerprint density at radius 2 is 0.875 bits per heavy atom. The van der Waals surface area contributed by atoms with E-state index in [0.717, 1.165) is 24.2 Å². The Bertz CT molecular complexity index is 404. The highest BCUT2D eigenvalue weighted by Gasteiger charge is 2.46. The predicted molar refractivity (Wildman–Crippen MR) is 103 cm³/mol. The molecule has 0 unspecified atom stereocenters. The zero-order chi connectivity index (χ0) is 17.9. The van der Waals surface area contributed by atoms with Crippen molar-refractivity contribution >= 4 is 0 Å². The number of likely N-dealkylation sites (tertiary alicyclic amines) is 4. The third-order valence-electron chi connectivity index (χ3n) is 6.75. The molecule has 4 heteroatoms. The van der Waals surface area contributed by atoms with Crippen molar-refractivity contribution in [1.29, 1.82) is 0 Å². The zero-order valence-corrected chi connectivity index (χ0v) is 17.3. The Hall–Kier alpha value is -0.160. The molecule has 0 aromatic carbocycles. The predicted octanol–water partition coefficient (Wildman–Crippen LogP) is 2.35.